The molecule has 1 saturated carbocycles. The second-order valence-electron chi connectivity index (χ2n) is 6.00. The van der Waals surface area contributed by atoms with Crippen molar-refractivity contribution < 1.29 is 4.79 Å². The fourth-order valence-corrected chi connectivity index (χ4v) is 3.38. The van der Waals surface area contributed by atoms with E-state index in [-0.39, 0.29) is 5.91 Å². The van der Waals surface area contributed by atoms with Gasteiger partial charge in [0.15, 0.2) is 0 Å². The number of carbonyl (C=O) groups excluding carboxylic acids is 1. The molecule has 0 spiro atoms. The van der Waals surface area contributed by atoms with Crippen LogP contribution in [0.2, 0.25) is 0 Å². The van der Waals surface area contributed by atoms with E-state index in [4.69, 9.17) is 0 Å². The first-order chi connectivity index (χ1) is 9.29. The van der Waals surface area contributed by atoms with E-state index in [1.165, 1.54) is 38.5 Å². The third kappa shape index (κ3) is 4.77. The average molecular weight is 267 g/mol. The molecule has 1 aliphatic heterocycles. The molecule has 1 saturated heterocycles. The first kappa shape index (κ1) is 14.8. The summed E-state index contributed by atoms with van der Waals surface area (Å²) in [5.41, 5.74) is 0. The zero-order chi connectivity index (χ0) is 13.5. The van der Waals surface area contributed by atoms with Crippen molar-refractivity contribution in [3.63, 3.8) is 0 Å². The van der Waals surface area contributed by atoms with Crippen LogP contribution in [0.15, 0.2) is 0 Å². The second-order valence-corrected chi connectivity index (χ2v) is 6.00. The van der Waals surface area contributed by atoms with E-state index < -0.39 is 0 Å². The maximum atomic E-state index is 12.2. The Hall–Kier alpha value is -0.610. The number of hydrogen-bond acceptors (Lipinski definition) is 3. The topological polar surface area (TPSA) is 44.4 Å². The van der Waals surface area contributed by atoms with E-state index >= 15 is 0 Å². The molecular weight excluding hydrogens is 238 g/mol. The van der Waals surface area contributed by atoms with Gasteiger partial charge in [-0.1, -0.05) is 19.8 Å². The largest absolute Gasteiger partial charge is 0.352 e. The summed E-state index contributed by atoms with van der Waals surface area (Å²) < 4.78 is 0. The summed E-state index contributed by atoms with van der Waals surface area (Å²) in [5.74, 6) is 0.235. The van der Waals surface area contributed by atoms with Crippen molar-refractivity contribution in [3.8, 4) is 0 Å². The summed E-state index contributed by atoms with van der Waals surface area (Å²) in [4.78, 5) is 14.6. The van der Waals surface area contributed by atoms with Crippen LogP contribution in [0.3, 0.4) is 0 Å². The van der Waals surface area contributed by atoms with Crippen LogP contribution in [0.25, 0.3) is 0 Å². The van der Waals surface area contributed by atoms with E-state index in [1.807, 2.05) is 0 Å². The van der Waals surface area contributed by atoms with Gasteiger partial charge >= 0.3 is 0 Å². The normalized spacial score (nSPS) is 22.0. The van der Waals surface area contributed by atoms with Gasteiger partial charge in [0.2, 0.25) is 5.91 Å². The van der Waals surface area contributed by atoms with Crippen LogP contribution in [0.1, 0.15) is 51.9 Å². The highest BCUT2D eigenvalue weighted by Crippen LogP contribution is 2.18. The van der Waals surface area contributed by atoms with Gasteiger partial charge in [0, 0.05) is 12.1 Å². The third-order valence-corrected chi connectivity index (χ3v) is 4.40. The quantitative estimate of drug-likeness (QED) is 0.767. The Morgan fingerprint density at radius 2 is 1.89 bits per heavy atom. The van der Waals surface area contributed by atoms with Crippen molar-refractivity contribution in [2.45, 2.75) is 64.0 Å². The number of hydrogen-bond donors (Lipinski definition) is 2. The standard InChI is InChI=1S/C15H29N3O/c1-2-11-18(14-7-9-16-10-8-14)12-15(19)17-13-5-3-4-6-13/h13-14,16H,2-12H2,1H3,(H,17,19). The van der Waals surface area contributed by atoms with Crippen LogP contribution in [0, 0.1) is 0 Å². The monoisotopic (exact) mass is 267 g/mol. The van der Waals surface area contributed by atoms with Crippen molar-refractivity contribution >= 4 is 5.91 Å². The number of piperidine rings is 1. The molecule has 4 nitrogen and oxygen atoms in total. The highest BCUT2D eigenvalue weighted by molar-refractivity contribution is 5.78. The van der Waals surface area contributed by atoms with Crippen LogP contribution in [-0.4, -0.2) is 49.1 Å². The average Bonchev–Trinajstić information content (AvgIpc) is 2.92. The number of rotatable bonds is 6. The van der Waals surface area contributed by atoms with E-state index in [9.17, 15) is 4.79 Å². The summed E-state index contributed by atoms with van der Waals surface area (Å²) in [5, 5.41) is 6.61. The molecule has 1 heterocycles. The highest BCUT2D eigenvalue weighted by atomic mass is 16.2. The molecule has 0 radical (unpaired) electrons. The molecule has 110 valence electrons. The highest BCUT2D eigenvalue weighted by Gasteiger charge is 2.24. The summed E-state index contributed by atoms with van der Waals surface area (Å²) >= 11 is 0. The van der Waals surface area contributed by atoms with Crippen LogP contribution < -0.4 is 10.6 Å². The zero-order valence-corrected chi connectivity index (χ0v) is 12.3. The fraction of sp³-hybridized carbons (Fsp3) is 0.933. The van der Waals surface area contributed by atoms with Gasteiger partial charge in [-0.25, -0.2) is 0 Å². The van der Waals surface area contributed by atoms with Gasteiger partial charge in [-0.05, 0) is 51.7 Å². The fourth-order valence-electron chi connectivity index (χ4n) is 3.38. The Balaban J connectivity index is 1.78. The first-order valence-corrected chi connectivity index (χ1v) is 8.03. The third-order valence-electron chi connectivity index (χ3n) is 4.40. The minimum absolute atomic E-state index is 0.235. The molecule has 2 rings (SSSR count). The smallest absolute Gasteiger partial charge is 0.234 e. The number of amides is 1. The lowest BCUT2D eigenvalue weighted by molar-refractivity contribution is -0.123. The Labute approximate surface area is 117 Å². The van der Waals surface area contributed by atoms with Crippen molar-refractivity contribution in [1.29, 1.82) is 0 Å². The van der Waals surface area contributed by atoms with Crippen LogP contribution >= 0.6 is 0 Å². The summed E-state index contributed by atoms with van der Waals surface area (Å²) in [6.07, 6.45) is 8.38. The van der Waals surface area contributed by atoms with Crippen molar-refractivity contribution in [2.24, 2.45) is 0 Å². The molecule has 0 atom stereocenters. The van der Waals surface area contributed by atoms with E-state index in [0.717, 1.165) is 26.1 Å². The zero-order valence-electron chi connectivity index (χ0n) is 12.3. The van der Waals surface area contributed by atoms with Gasteiger partial charge in [-0.3, -0.25) is 9.69 Å². The second kappa shape index (κ2) is 7.85. The molecular formula is C15H29N3O. The molecule has 1 amide bonds. The van der Waals surface area contributed by atoms with E-state index in [1.54, 1.807) is 0 Å². The van der Waals surface area contributed by atoms with Gasteiger partial charge in [-0.15, -0.1) is 0 Å². The van der Waals surface area contributed by atoms with Crippen molar-refractivity contribution in [1.82, 2.24) is 15.5 Å². The lowest BCUT2D eigenvalue weighted by atomic mass is 10.0. The van der Waals surface area contributed by atoms with Crippen molar-refractivity contribution in [3.05, 3.63) is 0 Å². The lowest BCUT2D eigenvalue weighted by Crippen LogP contribution is -2.48. The maximum absolute atomic E-state index is 12.2. The SMILES string of the molecule is CCCN(CC(=O)NC1CCCC1)C1CCNCC1. The van der Waals surface area contributed by atoms with Crippen LogP contribution in [-0.2, 0) is 4.79 Å². The maximum Gasteiger partial charge on any atom is 0.234 e. The molecule has 2 aliphatic rings. The molecule has 0 aromatic heterocycles. The van der Waals surface area contributed by atoms with Gasteiger partial charge in [0.05, 0.1) is 6.54 Å². The van der Waals surface area contributed by atoms with Gasteiger partial charge in [0.25, 0.3) is 0 Å². The van der Waals surface area contributed by atoms with Crippen LogP contribution in [0.4, 0.5) is 0 Å². The Kier molecular flexibility index (Phi) is 6.11. The molecule has 1 aliphatic carbocycles. The number of nitrogens with zero attached hydrogens (tertiary/aromatic N) is 1. The van der Waals surface area contributed by atoms with Crippen LogP contribution in [0.5, 0.6) is 0 Å². The molecule has 0 aromatic carbocycles. The molecule has 2 N–H and O–H groups in total. The van der Waals surface area contributed by atoms with E-state index in [2.05, 4.69) is 22.5 Å². The summed E-state index contributed by atoms with van der Waals surface area (Å²) in [7, 11) is 0. The Morgan fingerprint density at radius 3 is 2.53 bits per heavy atom. The minimum Gasteiger partial charge on any atom is -0.352 e. The number of carbonyl (C=O) groups is 1. The predicted octanol–water partition coefficient (Wildman–Crippen LogP) is 1.51. The lowest BCUT2D eigenvalue weighted by Gasteiger charge is -2.34. The molecule has 19 heavy (non-hydrogen) atoms. The number of nitrogens with one attached hydrogen (secondary N) is 2. The molecule has 2 fully saturated rings. The van der Waals surface area contributed by atoms with Gasteiger partial charge in [-0.2, -0.15) is 0 Å². The Morgan fingerprint density at radius 1 is 1.21 bits per heavy atom. The summed E-state index contributed by atoms with van der Waals surface area (Å²) in [6, 6.07) is 1.04. The first-order valence-electron chi connectivity index (χ1n) is 8.03. The van der Waals surface area contributed by atoms with Gasteiger partial charge < -0.3 is 10.6 Å². The van der Waals surface area contributed by atoms with Crippen molar-refractivity contribution in [2.75, 3.05) is 26.2 Å². The minimum atomic E-state index is 0.235. The molecule has 0 aromatic rings. The summed E-state index contributed by atoms with van der Waals surface area (Å²) in [6.45, 7) is 6.02. The van der Waals surface area contributed by atoms with E-state index in [0.29, 0.717) is 18.6 Å². The molecule has 0 unspecified atom stereocenters. The Bertz CT molecular complexity index is 271. The molecule has 0 bridgehead atoms. The van der Waals surface area contributed by atoms with Gasteiger partial charge in [0.1, 0.15) is 0 Å². The molecule has 4 heteroatoms. The predicted molar refractivity (Wildman–Crippen MR) is 78.2 cm³/mol.